The number of hydrogen-bond acceptors (Lipinski definition) is 7. The van der Waals surface area contributed by atoms with Crippen LogP contribution in [0.3, 0.4) is 0 Å². The maximum atomic E-state index is 10.0. The van der Waals surface area contributed by atoms with E-state index in [0.717, 1.165) is 22.7 Å². The van der Waals surface area contributed by atoms with Crippen molar-refractivity contribution in [1.82, 2.24) is 4.68 Å². The lowest BCUT2D eigenvalue weighted by atomic mass is 10.2. The van der Waals surface area contributed by atoms with E-state index in [1.807, 2.05) is 41.8 Å². The number of hydrogen-bond donors (Lipinski definition) is 1. The number of furan rings is 1. The van der Waals surface area contributed by atoms with Gasteiger partial charge in [-0.3, -0.25) is 0 Å². The molecule has 0 radical (unpaired) electrons. The molecule has 0 spiro atoms. The Bertz CT molecular complexity index is 1280. The molecule has 9 heteroatoms. The summed E-state index contributed by atoms with van der Waals surface area (Å²) >= 11 is 4.78. The third-order valence-corrected chi connectivity index (χ3v) is 5.77. The van der Waals surface area contributed by atoms with Crippen LogP contribution in [0.5, 0.6) is 17.2 Å². The molecule has 0 amide bonds. The number of methoxy groups -OCH3 is 2. The van der Waals surface area contributed by atoms with Crippen molar-refractivity contribution in [3.63, 3.8) is 0 Å². The second kappa shape index (κ2) is 9.23. The highest BCUT2D eigenvalue weighted by Crippen LogP contribution is 2.34. The molecule has 0 atom stereocenters. The first-order valence-electron chi connectivity index (χ1n) is 9.13. The van der Waals surface area contributed by atoms with Gasteiger partial charge in [0.15, 0.2) is 17.3 Å². The Balaban J connectivity index is 1.80. The standard InChI is InChI=1S/C22H18BrN3O4S/c1-28-16-7-5-15(6-8-16)25-22-26(18(13-31-22)19-4-3-9-30-19)24-12-14-10-17(23)21(27)20(11-14)29-2/h3-13,27H,1-2H3. The number of aromatic hydroxyl groups is 1. The van der Waals surface area contributed by atoms with Gasteiger partial charge in [0.25, 0.3) is 0 Å². The van der Waals surface area contributed by atoms with Gasteiger partial charge in [-0.25, -0.2) is 9.67 Å². The van der Waals surface area contributed by atoms with E-state index in [2.05, 4.69) is 21.0 Å². The second-order valence-corrected chi connectivity index (χ2v) is 7.99. The van der Waals surface area contributed by atoms with E-state index < -0.39 is 0 Å². The Kier molecular flexibility index (Phi) is 6.24. The predicted molar refractivity (Wildman–Crippen MR) is 124 cm³/mol. The predicted octanol–water partition coefficient (Wildman–Crippen LogP) is 5.41. The first-order chi connectivity index (χ1) is 15.1. The number of thiazole rings is 1. The van der Waals surface area contributed by atoms with E-state index in [9.17, 15) is 5.11 Å². The van der Waals surface area contributed by atoms with E-state index in [1.54, 1.807) is 36.4 Å². The number of nitrogens with zero attached hydrogens (tertiary/aromatic N) is 3. The molecule has 31 heavy (non-hydrogen) atoms. The van der Waals surface area contributed by atoms with Crippen molar-refractivity contribution in [2.24, 2.45) is 10.1 Å². The van der Waals surface area contributed by atoms with Crippen molar-refractivity contribution in [2.45, 2.75) is 0 Å². The van der Waals surface area contributed by atoms with E-state index in [0.29, 0.717) is 20.8 Å². The van der Waals surface area contributed by atoms with Gasteiger partial charge in [-0.15, -0.1) is 11.3 Å². The normalized spacial score (nSPS) is 11.9. The molecule has 0 unspecified atom stereocenters. The fourth-order valence-corrected chi connectivity index (χ4v) is 4.10. The summed E-state index contributed by atoms with van der Waals surface area (Å²) in [6, 6.07) is 14.6. The van der Waals surface area contributed by atoms with Crippen molar-refractivity contribution >= 4 is 39.2 Å². The van der Waals surface area contributed by atoms with Crippen LogP contribution in [0, 0.1) is 0 Å². The number of phenolic OH excluding ortho intramolecular Hbond substituents is 1. The van der Waals surface area contributed by atoms with Crippen LogP contribution in [-0.2, 0) is 0 Å². The van der Waals surface area contributed by atoms with Crippen LogP contribution < -0.4 is 14.3 Å². The molecule has 158 valence electrons. The molecule has 1 N–H and O–H groups in total. The third-order valence-electron chi connectivity index (χ3n) is 4.35. The molecule has 4 aromatic rings. The van der Waals surface area contributed by atoms with Crippen LogP contribution >= 0.6 is 27.3 Å². The first-order valence-corrected chi connectivity index (χ1v) is 10.8. The minimum absolute atomic E-state index is 0.0364. The molecule has 0 fully saturated rings. The van der Waals surface area contributed by atoms with Crippen LogP contribution in [-0.4, -0.2) is 30.2 Å². The smallest absolute Gasteiger partial charge is 0.211 e. The molecular formula is C22H18BrN3O4S. The third kappa shape index (κ3) is 4.57. The fourth-order valence-electron chi connectivity index (χ4n) is 2.80. The molecule has 0 aliphatic heterocycles. The molecule has 0 aliphatic carbocycles. The summed E-state index contributed by atoms with van der Waals surface area (Å²) in [4.78, 5) is 5.39. The Labute approximate surface area is 190 Å². The molecule has 2 aromatic carbocycles. The Hall–Kier alpha value is -3.30. The lowest BCUT2D eigenvalue weighted by molar-refractivity contribution is 0.372. The molecular weight excluding hydrogens is 482 g/mol. The van der Waals surface area contributed by atoms with Gasteiger partial charge in [0, 0.05) is 5.38 Å². The zero-order chi connectivity index (χ0) is 21.8. The number of ether oxygens (including phenoxy) is 2. The maximum Gasteiger partial charge on any atom is 0.211 e. The van der Waals surface area contributed by atoms with Crippen molar-refractivity contribution in [1.29, 1.82) is 0 Å². The maximum absolute atomic E-state index is 10.0. The van der Waals surface area contributed by atoms with Gasteiger partial charge in [-0.05, 0) is 70.0 Å². The lowest BCUT2D eigenvalue weighted by Gasteiger charge is -2.06. The second-order valence-electron chi connectivity index (χ2n) is 6.30. The first kappa shape index (κ1) is 21.0. The number of benzene rings is 2. The Morgan fingerprint density at radius 1 is 1.13 bits per heavy atom. The van der Waals surface area contributed by atoms with Gasteiger partial charge >= 0.3 is 0 Å². The monoisotopic (exact) mass is 499 g/mol. The molecule has 0 bridgehead atoms. The van der Waals surface area contributed by atoms with Crippen LogP contribution in [0.4, 0.5) is 5.69 Å². The summed E-state index contributed by atoms with van der Waals surface area (Å²) in [5.41, 5.74) is 2.27. The lowest BCUT2D eigenvalue weighted by Crippen LogP contribution is -2.11. The summed E-state index contributed by atoms with van der Waals surface area (Å²) in [5, 5.41) is 16.6. The summed E-state index contributed by atoms with van der Waals surface area (Å²) in [5.74, 6) is 1.82. The van der Waals surface area contributed by atoms with Crippen molar-refractivity contribution in [3.05, 3.63) is 75.0 Å². The SMILES string of the molecule is COc1ccc(N=c2scc(-c3ccco3)n2N=Cc2cc(Br)c(O)c(OC)c2)cc1. The Morgan fingerprint density at radius 3 is 2.61 bits per heavy atom. The van der Waals surface area contributed by atoms with Crippen molar-refractivity contribution in [3.8, 4) is 28.7 Å². The van der Waals surface area contributed by atoms with Gasteiger partial charge in [-0.1, -0.05) is 0 Å². The van der Waals surface area contributed by atoms with Crippen LogP contribution in [0.1, 0.15) is 5.56 Å². The highest BCUT2D eigenvalue weighted by Gasteiger charge is 2.11. The van der Waals surface area contributed by atoms with Gasteiger partial charge in [0.05, 0.1) is 36.9 Å². The average molecular weight is 500 g/mol. The summed E-state index contributed by atoms with van der Waals surface area (Å²) in [7, 11) is 3.12. The van der Waals surface area contributed by atoms with Crippen LogP contribution in [0.15, 0.2) is 79.2 Å². The molecule has 4 rings (SSSR count). The van der Waals surface area contributed by atoms with Gasteiger partial charge in [-0.2, -0.15) is 5.10 Å². The van der Waals surface area contributed by atoms with Gasteiger partial charge < -0.3 is 19.0 Å². The minimum Gasteiger partial charge on any atom is -0.503 e. The summed E-state index contributed by atoms with van der Waals surface area (Å²) in [6.45, 7) is 0. The highest BCUT2D eigenvalue weighted by molar-refractivity contribution is 9.10. The van der Waals surface area contributed by atoms with Crippen molar-refractivity contribution < 1.29 is 19.0 Å². The quantitative estimate of drug-likeness (QED) is 0.359. The largest absolute Gasteiger partial charge is 0.503 e. The topological polar surface area (TPSA) is 81.5 Å². The number of phenols is 1. The van der Waals surface area contributed by atoms with E-state index in [1.165, 1.54) is 18.4 Å². The van der Waals surface area contributed by atoms with Crippen LogP contribution in [0.25, 0.3) is 11.5 Å². The summed E-state index contributed by atoms with van der Waals surface area (Å²) in [6.07, 6.45) is 3.28. The van der Waals surface area contributed by atoms with E-state index in [-0.39, 0.29) is 5.75 Å². The van der Waals surface area contributed by atoms with E-state index >= 15 is 0 Å². The number of aromatic nitrogens is 1. The van der Waals surface area contributed by atoms with E-state index in [4.69, 9.17) is 18.9 Å². The molecule has 0 saturated carbocycles. The molecule has 7 nitrogen and oxygen atoms in total. The average Bonchev–Trinajstić information content (AvgIpc) is 3.45. The fraction of sp³-hybridized carbons (Fsp3) is 0.0909. The van der Waals surface area contributed by atoms with Gasteiger partial charge in [0.2, 0.25) is 4.80 Å². The Morgan fingerprint density at radius 2 is 1.94 bits per heavy atom. The zero-order valence-electron chi connectivity index (χ0n) is 16.7. The highest BCUT2D eigenvalue weighted by atomic mass is 79.9. The minimum atomic E-state index is 0.0364. The molecule has 0 saturated heterocycles. The number of rotatable bonds is 6. The summed E-state index contributed by atoms with van der Waals surface area (Å²) < 4.78 is 18.2. The zero-order valence-corrected chi connectivity index (χ0v) is 19.1. The van der Waals surface area contributed by atoms with Crippen LogP contribution in [0.2, 0.25) is 0 Å². The van der Waals surface area contributed by atoms with Crippen molar-refractivity contribution in [2.75, 3.05) is 14.2 Å². The molecule has 0 aliphatic rings. The molecule has 2 heterocycles. The molecule has 2 aromatic heterocycles. The number of halogens is 1. The van der Waals surface area contributed by atoms with Gasteiger partial charge in [0.1, 0.15) is 11.4 Å².